The molecular formula is C26H48NO10P. The van der Waals surface area contributed by atoms with Crippen LogP contribution in [0, 0.1) is 0 Å². The van der Waals surface area contributed by atoms with Crippen LogP contribution >= 0.6 is 7.82 Å². The first-order chi connectivity index (χ1) is 18.1. The van der Waals surface area contributed by atoms with Crippen molar-refractivity contribution in [1.29, 1.82) is 0 Å². The van der Waals surface area contributed by atoms with Gasteiger partial charge in [-0.05, 0) is 32.1 Å². The van der Waals surface area contributed by atoms with Gasteiger partial charge in [-0.25, -0.2) is 9.36 Å². The van der Waals surface area contributed by atoms with Gasteiger partial charge in [-0.2, -0.15) is 0 Å². The van der Waals surface area contributed by atoms with E-state index >= 15 is 0 Å². The Bertz CT molecular complexity index is 731. The largest absolute Gasteiger partial charge is 0.480 e. The molecule has 0 fully saturated rings. The number of aliphatic hydroxyl groups excluding tert-OH is 1. The van der Waals surface area contributed by atoms with Crippen LogP contribution in [0.15, 0.2) is 12.2 Å². The molecule has 0 aliphatic rings. The van der Waals surface area contributed by atoms with E-state index in [0.29, 0.717) is 6.42 Å². The maximum atomic E-state index is 12.1. The minimum absolute atomic E-state index is 0.106. The number of allylic oxidation sites excluding steroid dienone is 2. The van der Waals surface area contributed by atoms with Crippen molar-refractivity contribution >= 4 is 25.7 Å². The van der Waals surface area contributed by atoms with Crippen molar-refractivity contribution in [3.05, 3.63) is 12.2 Å². The molecule has 0 spiro atoms. The van der Waals surface area contributed by atoms with Gasteiger partial charge in [-0.1, -0.05) is 70.9 Å². The molecule has 0 saturated carbocycles. The van der Waals surface area contributed by atoms with Gasteiger partial charge in [0.1, 0.15) is 12.7 Å². The lowest BCUT2D eigenvalue weighted by molar-refractivity contribution is -0.146. The van der Waals surface area contributed by atoms with Crippen LogP contribution < -0.4 is 5.32 Å². The number of hydrogen-bond acceptors (Lipinski definition) is 8. The Morgan fingerprint density at radius 1 is 0.842 bits per heavy atom. The standard InChI is InChI=1S/C26H48NO10P/c1-3-5-6-7-8-9-10-11-12-13-14-15-16-17-18-24(29)27-23(26(31)32)21-37-38(33,34)36-20-22(28)19-35-25(30)4-2/h10-11,22-23,28H,3-9,12-21H2,1-2H3,(H,27,29)(H,31,32)(H,33,34)/b11-10-. The van der Waals surface area contributed by atoms with E-state index in [1.165, 1.54) is 32.1 Å². The van der Waals surface area contributed by atoms with E-state index in [1.807, 2.05) is 0 Å². The molecule has 1 amide bonds. The number of phosphoric acid groups is 1. The summed E-state index contributed by atoms with van der Waals surface area (Å²) in [5, 5.41) is 21.2. The Morgan fingerprint density at radius 3 is 1.97 bits per heavy atom. The number of nitrogens with one attached hydrogen (secondary N) is 1. The zero-order chi connectivity index (χ0) is 28.7. The highest BCUT2D eigenvalue weighted by molar-refractivity contribution is 7.47. The molecule has 38 heavy (non-hydrogen) atoms. The molecule has 0 heterocycles. The van der Waals surface area contributed by atoms with Gasteiger partial charge in [0.2, 0.25) is 5.91 Å². The number of carboxylic acid groups (broad SMARTS) is 1. The Balaban J connectivity index is 4.02. The number of unbranched alkanes of at least 4 members (excludes halogenated alkanes) is 10. The monoisotopic (exact) mass is 565 g/mol. The first-order valence-corrected chi connectivity index (χ1v) is 15.2. The highest BCUT2D eigenvalue weighted by atomic mass is 31.2. The van der Waals surface area contributed by atoms with Crippen molar-refractivity contribution in [1.82, 2.24) is 5.32 Å². The van der Waals surface area contributed by atoms with E-state index in [-0.39, 0.29) is 12.8 Å². The van der Waals surface area contributed by atoms with E-state index in [4.69, 9.17) is 0 Å². The maximum Gasteiger partial charge on any atom is 0.472 e. The SMILES string of the molecule is CCCCCCC/C=C\CCCCCCCC(=O)NC(COP(=O)(O)OCC(O)COC(=O)CC)C(=O)O. The van der Waals surface area contributed by atoms with Crippen LogP contribution in [0.2, 0.25) is 0 Å². The first-order valence-electron chi connectivity index (χ1n) is 13.7. The van der Waals surface area contributed by atoms with E-state index < -0.39 is 57.6 Å². The maximum absolute atomic E-state index is 12.1. The Kier molecular flexibility index (Phi) is 22.1. The summed E-state index contributed by atoms with van der Waals surface area (Å²) < 4.78 is 25.8. The Labute approximate surface area is 226 Å². The minimum atomic E-state index is -4.71. The quantitative estimate of drug-likeness (QED) is 0.0529. The van der Waals surface area contributed by atoms with Crippen LogP contribution in [-0.4, -0.2) is 64.9 Å². The van der Waals surface area contributed by atoms with Gasteiger partial charge in [0.25, 0.3) is 0 Å². The van der Waals surface area contributed by atoms with Gasteiger partial charge >= 0.3 is 19.8 Å². The van der Waals surface area contributed by atoms with Crippen LogP contribution in [0.1, 0.15) is 104 Å². The summed E-state index contributed by atoms with van der Waals surface area (Å²) >= 11 is 0. The molecule has 0 aliphatic carbocycles. The third kappa shape index (κ3) is 22.2. The van der Waals surface area contributed by atoms with E-state index in [0.717, 1.165) is 38.5 Å². The smallest absolute Gasteiger partial charge is 0.472 e. The minimum Gasteiger partial charge on any atom is -0.480 e. The number of hydrogen-bond donors (Lipinski definition) is 4. The number of aliphatic hydroxyl groups is 1. The Morgan fingerprint density at radius 2 is 1.39 bits per heavy atom. The van der Waals surface area contributed by atoms with Crippen molar-refractivity contribution in [2.45, 2.75) is 116 Å². The molecular weight excluding hydrogens is 517 g/mol. The fourth-order valence-electron chi connectivity index (χ4n) is 3.35. The number of amides is 1. The molecule has 222 valence electrons. The summed E-state index contributed by atoms with van der Waals surface area (Å²) in [5.41, 5.74) is 0. The summed E-state index contributed by atoms with van der Waals surface area (Å²) in [5.74, 6) is -2.48. The van der Waals surface area contributed by atoms with Gasteiger partial charge in [0.15, 0.2) is 6.04 Å². The lowest BCUT2D eigenvalue weighted by Gasteiger charge is -2.18. The number of ether oxygens (including phenoxy) is 1. The highest BCUT2D eigenvalue weighted by Gasteiger charge is 2.28. The molecule has 11 nitrogen and oxygen atoms in total. The zero-order valence-corrected chi connectivity index (χ0v) is 23.9. The number of aliphatic carboxylic acids is 1. The number of phosphoric ester groups is 1. The Hall–Kier alpha value is -1.78. The first kappa shape index (κ1) is 36.2. The van der Waals surface area contributed by atoms with Crippen LogP contribution in [0.4, 0.5) is 0 Å². The average molecular weight is 566 g/mol. The third-order valence-corrected chi connectivity index (χ3v) is 6.56. The molecule has 0 bridgehead atoms. The van der Waals surface area contributed by atoms with Crippen molar-refractivity contribution in [2.24, 2.45) is 0 Å². The van der Waals surface area contributed by atoms with Crippen molar-refractivity contribution < 1.29 is 47.8 Å². The summed E-state index contributed by atoms with van der Waals surface area (Å²) in [6.45, 7) is 1.87. The summed E-state index contributed by atoms with van der Waals surface area (Å²) in [6, 6.07) is -1.54. The van der Waals surface area contributed by atoms with Crippen molar-refractivity contribution in [3.8, 4) is 0 Å². The molecule has 3 unspecified atom stereocenters. The molecule has 3 atom stereocenters. The molecule has 4 N–H and O–H groups in total. The van der Waals surface area contributed by atoms with E-state index in [1.54, 1.807) is 6.92 Å². The zero-order valence-electron chi connectivity index (χ0n) is 23.0. The molecule has 0 saturated heterocycles. The average Bonchev–Trinajstić information content (AvgIpc) is 2.88. The summed E-state index contributed by atoms with van der Waals surface area (Å²) in [4.78, 5) is 44.2. The second-order valence-electron chi connectivity index (χ2n) is 9.19. The van der Waals surface area contributed by atoms with Gasteiger partial charge in [0, 0.05) is 12.8 Å². The van der Waals surface area contributed by atoms with Gasteiger partial charge in [-0.15, -0.1) is 0 Å². The molecule has 0 rings (SSSR count). The number of carbonyl (C=O) groups excluding carboxylic acids is 2. The number of carbonyl (C=O) groups is 3. The fourth-order valence-corrected chi connectivity index (χ4v) is 4.12. The highest BCUT2D eigenvalue weighted by Crippen LogP contribution is 2.43. The number of rotatable bonds is 25. The molecule has 0 aromatic carbocycles. The van der Waals surface area contributed by atoms with Crippen LogP contribution in [0.3, 0.4) is 0 Å². The second-order valence-corrected chi connectivity index (χ2v) is 10.6. The van der Waals surface area contributed by atoms with Crippen LogP contribution in [0.5, 0.6) is 0 Å². The van der Waals surface area contributed by atoms with Gasteiger partial charge in [0.05, 0.1) is 13.2 Å². The van der Waals surface area contributed by atoms with Crippen molar-refractivity contribution in [3.63, 3.8) is 0 Å². The topological polar surface area (TPSA) is 169 Å². The van der Waals surface area contributed by atoms with Crippen molar-refractivity contribution in [2.75, 3.05) is 19.8 Å². The lowest BCUT2D eigenvalue weighted by Crippen LogP contribution is -2.43. The number of esters is 1. The molecule has 12 heteroatoms. The van der Waals surface area contributed by atoms with E-state index in [9.17, 15) is 34.1 Å². The van der Waals surface area contributed by atoms with Gasteiger partial charge in [-0.3, -0.25) is 18.6 Å². The van der Waals surface area contributed by atoms with Crippen LogP contribution in [0.25, 0.3) is 0 Å². The molecule has 0 aromatic rings. The van der Waals surface area contributed by atoms with Gasteiger partial charge < -0.3 is 25.2 Å². The van der Waals surface area contributed by atoms with E-state index in [2.05, 4.69) is 38.2 Å². The summed E-state index contributed by atoms with van der Waals surface area (Å²) in [7, 11) is -4.71. The summed E-state index contributed by atoms with van der Waals surface area (Å²) in [6.07, 6.45) is 16.6. The van der Waals surface area contributed by atoms with Crippen LogP contribution in [-0.2, 0) is 32.7 Å². The predicted octanol–water partition coefficient (Wildman–Crippen LogP) is 4.65. The lowest BCUT2D eigenvalue weighted by atomic mass is 10.1. The fraction of sp³-hybridized carbons (Fsp3) is 0.808. The second kappa shape index (κ2) is 23.1. The predicted molar refractivity (Wildman–Crippen MR) is 143 cm³/mol. The normalized spacial score (nSPS) is 14.6. The third-order valence-electron chi connectivity index (χ3n) is 5.61. The number of carboxylic acids is 1. The molecule has 0 aliphatic heterocycles. The molecule has 0 radical (unpaired) electrons. The molecule has 0 aromatic heterocycles.